The van der Waals surface area contributed by atoms with Gasteiger partial charge < -0.3 is 9.26 Å². The van der Waals surface area contributed by atoms with Crippen molar-refractivity contribution in [2.75, 3.05) is 0 Å². The van der Waals surface area contributed by atoms with Crippen LogP contribution in [-0.4, -0.2) is 10.1 Å². The summed E-state index contributed by atoms with van der Waals surface area (Å²) in [4.78, 5) is 4.41. The first-order chi connectivity index (χ1) is 10.6. The molecule has 0 spiro atoms. The minimum absolute atomic E-state index is 0.299. The Balaban J connectivity index is 1.77. The molecular weight excluding hydrogens is 276 g/mol. The third-order valence-corrected chi connectivity index (χ3v) is 3.61. The Bertz CT molecular complexity index is 766. The summed E-state index contributed by atoms with van der Waals surface area (Å²) < 4.78 is 11.2. The Kier molecular flexibility index (Phi) is 3.92. The molecule has 3 rings (SSSR count). The van der Waals surface area contributed by atoms with E-state index in [-0.39, 0.29) is 6.10 Å². The molecule has 3 aromatic rings. The number of aryl methyl sites for hydroxylation is 2. The van der Waals surface area contributed by atoms with E-state index in [9.17, 15) is 0 Å². The SMILES string of the molecule is Cc1ccc(O[C@@H](C)c2nc(-c3ccccc3)no2)cc1C. The Hall–Kier alpha value is -2.62. The maximum atomic E-state index is 5.89. The highest BCUT2D eigenvalue weighted by atomic mass is 16.5. The first-order valence-corrected chi connectivity index (χ1v) is 7.26. The highest BCUT2D eigenvalue weighted by molar-refractivity contribution is 5.53. The summed E-state index contributed by atoms with van der Waals surface area (Å²) in [5.74, 6) is 1.85. The van der Waals surface area contributed by atoms with E-state index < -0.39 is 0 Å². The molecule has 4 nitrogen and oxygen atoms in total. The lowest BCUT2D eigenvalue weighted by molar-refractivity contribution is 0.175. The van der Waals surface area contributed by atoms with Gasteiger partial charge in [-0.15, -0.1) is 0 Å². The van der Waals surface area contributed by atoms with Gasteiger partial charge in [-0.2, -0.15) is 4.98 Å². The molecule has 0 aliphatic heterocycles. The normalized spacial score (nSPS) is 12.1. The maximum Gasteiger partial charge on any atom is 0.267 e. The average molecular weight is 294 g/mol. The number of benzene rings is 2. The van der Waals surface area contributed by atoms with Crippen LogP contribution in [0.15, 0.2) is 53.1 Å². The molecule has 4 heteroatoms. The molecule has 0 saturated heterocycles. The fourth-order valence-electron chi connectivity index (χ4n) is 2.15. The molecule has 1 atom stereocenters. The lowest BCUT2D eigenvalue weighted by Gasteiger charge is -2.12. The van der Waals surface area contributed by atoms with Gasteiger partial charge in [-0.3, -0.25) is 0 Å². The molecule has 0 saturated carbocycles. The van der Waals surface area contributed by atoms with Gasteiger partial charge in [-0.1, -0.05) is 41.6 Å². The zero-order valence-electron chi connectivity index (χ0n) is 12.9. The molecule has 0 N–H and O–H groups in total. The lowest BCUT2D eigenvalue weighted by Crippen LogP contribution is -2.03. The van der Waals surface area contributed by atoms with E-state index in [0.717, 1.165) is 11.3 Å². The van der Waals surface area contributed by atoms with Crippen molar-refractivity contribution in [3.63, 3.8) is 0 Å². The van der Waals surface area contributed by atoms with Crippen molar-refractivity contribution in [1.29, 1.82) is 0 Å². The topological polar surface area (TPSA) is 48.2 Å². The summed E-state index contributed by atoms with van der Waals surface area (Å²) in [5, 5.41) is 4.01. The molecule has 0 fully saturated rings. The standard InChI is InChI=1S/C18H18N2O2/c1-12-9-10-16(11-13(12)2)21-14(3)18-19-17(20-22-18)15-7-5-4-6-8-15/h4-11,14H,1-3H3/t14-/m0/s1. The smallest absolute Gasteiger partial charge is 0.267 e. The fraction of sp³-hybridized carbons (Fsp3) is 0.222. The monoisotopic (exact) mass is 294 g/mol. The number of rotatable bonds is 4. The highest BCUT2D eigenvalue weighted by Gasteiger charge is 2.17. The molecule has 0 aliphatic rings. The minimum Gasteiger partial charge on any atom is -0.481 e. The molecule has 0 amide bonds. The first-order valence-electron chi connectivity index (χ1n) is 7.26. The molecule has 0 aliphatic carbocycles. The minimum atomic E-state index is -0.299. The summed E-state index contributed by atoms with van der Waals surface area (Å²) in [5.41, 5.74) is 3.36. The third kappa shape index (κ3) is 3.01. The number of hydrogen-bond donors (Lipinski definition) is 0. The van der Waals surface area contributed by atoms with Crippen LogP contribution in [0.3, 0.4) is 0 Å². The number of ether oxygens (including phenoxy) is 1. The van der Waals surface area contributed by atoms with Crippen molar-refractivity contribution in [2.24, 2.45) is 0 Å². The molecule has 2 aromatic carbocycles. The molecule has 0 unspecified atom stereocenters. The van der Waals surface area contributed by atoms with Crippen LogP contribution in [0.5, 0.6) is 5.75 Å². The fourth-order valence-corrected chi connectivity index (χ4v) is 2.15. The predicted octanol–water partition coefficient (Wildman–Crippen LogP) is 4.49. The Morgan fingerprint density at radius 1 is 1.00 bits per heavy atom. The van der Waals surface area contributed by atoms with E-state index in [0.29, 0.717) is 11.7 Å². The van der Waals surface area contributed by atoms with Crippen LogP contribution in [0.1, 0.15) is 30.0 Å². The van der Waals surface area contributed by atoms with Crippen LogP contribution < -0.4 is 4.74 Å². The average Bonchev–Trinajstić information content (AvgIpc) is 3.02. The largest absolute Gasteiger partial charge is 0.481 e. The molecule has 0 bridgehead atoms. The van der Waals surface area contributed by atoms with Crippen molar-refractivity contribution in [1.82, 2.24) is 10.1 Å². The Morgan fingerprint density at radius 3 is 2.50 bits per heavy atom. The molecular formula is C18H18N2O2. The third-order valence-electron chi connectivity index (χ3n) is 3.61. The van der Waals surface area contributed by atoms with E-state index in [2.05, 4.69) is 24.0 Å². The van der Waals surface area contributed by atoms with Crippen molar-refractivity contribution in [2.45, 2.75) is 26.9 Å². The van der Waals surface area contributed by atoms with Gasteiger partial charge in [0.25, 0.3) is 5.89 Å². The van der Waals surface area contributed by atoms with Crippen molar-refractivity contribution in [3.8, 4) is 17.1 Å². The van der Waals surface area contributed by atoms with Crippen LogP contribution in [0.25, 0.3) is 11.4 Å². The van der Waals surface area contributed by atoms with E-state index in [1.807, 2.05) is 55.5 Å². The molecule has 22 heavy (non-hydrogen) atoms. The van der Waals surface area contributed by atoms with E-state index in [1.54, 1.807) is 0 Å². The molecule has 112 valence electrons. The second-order valence-electron chi connectivity index (χ2n) is 5.33. The summed E-state index contributed by atoms with van der Waals surface area (Å²) in [6, 6.07) is 15.7. The van der Waals surface area contributed by atoms with Crippen LogP contribution in [0.2, 0.25) is 0 Å². The van der Waals surface area contributed by atoms with Crippen LogP contribution in [0, 0.1) is 13.8 Å². The zero-order valence-corrected chi connectivity index (χ0v) is 12.9. The highest BCUT2D eigenvalue weighted by Crippen LogP contribution is 2.24. The maximum absolute atomic E-state index is 5.89. The van der Waals surface area contributed by atoms with Gasteiger partial charge in [0.2, 0.25) is 5.82 Å². The Morgan fingerprint density at radius 2 is 1.77 bits per heavy atom. The first kappa shape index (κ1) is 14.3. The zero-order chi connectivity index (χ0) is 15.5. The van der Waals surface area contributed by atoms with Crippen LogP contribution in [-0.2, 0) is 0 Å². The van der Waals surface area contributed by atoms with Crippen molar-refractivity contribution in [3.05, 3.63) is 65.5 Å². The molecule has 1 aromatic heterocycles. The second kappa shape index (κ2) is 6.02. The number of nitrogens with zero attached hydrogens (tertiary/aromatic N) is 2. The second-order valence-corrected chi connectivity index (χ2v) is 5.33. The van der Waals surface area contributed by atoms with Gasteiger partial charge >= 0.3 is 0 Å². The van der Waals surface area contributed by atoms with Gasteiger partial charge in [0.1, 0.15) is 5.75 Å². The van der Waals surface area contributed by atoms with E-state index in [4.69, 9.17) is 9.26 Å². The van der Waals surface area contributed by atoms with Gasteiger partial charge in [0, 0.05) is 5.56 Å². The predicted molar refractivity (Wildman–Crippen MR) is 84.7 cm³/mol. The lowest BCUT2D eigenvalue weighted by atomic mass is 10.1. The summed E-state index contributed by atoms with van der Waals surface area (Å²) in [6.45, 7) is 6.04. The Labute approximate surface area is 129 Å². The van der Waals surface area contributed by atoms with Gasteiger partial charge in [-0.05, 0) is 44.0 Å². The van der Waals surface area contributed by atoms with Crippen LogP contribution >= 0.6 is 0 Å². The van der Waals surface area contributed by atoms with Crippen molar-refractivity contribution < 1.29 is 9.26 Å². The van der Waals surface area contributed by atoms with E-state index in [1.165, 1.54) is 11.1 Å². The summed E-state index contributed by atoms with van der Waals surface area (Å²) >= 11 is 0. The van der Waals surface area contributed by atoms with Gasteiger partial charge in [-0.25, -0.2) is 0 Å². The number of aromatic nitrogens is 2. The van der Waals surface area contributed by atoms with Gasteiger partial charge in [0.05, 0.1) is 0 Å². The van der Waals surface area contributed by atoms with Crippen molar-refractivity contribution >= 4 is 0 Å². The summed E-state index contributed by atoms with van der Waals surface area (Å²) in [7, 11) is 0. The van der Waals surface area contributed by atoms with Crippen LogP contribution in [0.4, 0.5) is 0 Å². The van der Waals surface area contributed by atoms with Gasteiger partial charge in [0.15, 0.2) is 6.10 Å². The number of hydrogen-bond acceptors (Lipinski definition) is 4. The van der Waals surface area contributed by atoms with E-state index >= 15 is 0 Å². The summed E-state index contributed by atoms with van der Waals surface area (Å²) in [6.07, 6.45) is -0.299. The molecule has 1 heterocycles. The molecule has 0 radical (unpaired) electrons. The quantitative estimate of drug-likeness (QED) is 0.711.